The van der Waals surface area contributed by atoms with E-state index in [4.69, 9.17) is 14.2 Å². The molecule has 1 aromatic rings. The summed E-state index contributed by atoms with van der Waals surface area (Å²) < 4.78 is 17.5. The van der Waals surface area contributed by atoms with E-state index in [1.54, 1.807) is 0 Å². The van der Waals surface area contributed by atoms with Crippen molar-refractivity contribution >= 4 is 5.97 Å². The van der Waals surface area contributed by atoms with Crippen LogP contribution in [-0.4, -0.2) is 30.9 Å². The Bertz CT molecular complexity index is 528. The number of esters is 1. The minimum atomic E-state index is -0.200. The van der Waals surface area contributed by atoms with Crippen LogP contribution in [0.5, 0.6) is 0 Å². The molecule has 2 rings (SSSR count). The van der Waals surface area contributed by atoms with Gasteiger partial charge in [-0.05, 0) is 51.0 Å². The summed E-state index contributed by atoms with van der Waals surface area (Å²) in [6.45, 7) is 9.24. The average molecular weight is 363 g/mol. The summed E-state index contributed by atoms with van der Waals surface area (Å²) in [5, 5.41) is 0. The van der Waals surface area contributed by atoms with Gasteiger partial charge in [0.1, 0.15) is 0 Å². The first-order valence-electron chi connectivity index (χ1n) is 9.97. The quantitative estimate of drug-likeness (QED) is 0.563. The third-order valence-corrected chi connectivity index (χ3v) is 4.95. The zero-order chi connectivity index (χ0) is 18.9. The number of carbonyl (C=O) groups excluding carboxylic acids is 1. The Morgan fingerprint density at radius 2 is 1.92 bits per heavy atom. The molecule has 0 radical (unpaired) electrons. The maximum Gasteiger partial charge on any atom is 0.311 e. The third kappa shape index (κ3) is 6.73. The van der Waals surface area contributed by atoms with Crippen LogP contribution in [0, 0.1) is 11.8 Å². The van der Waals surface area contributed by atoms with Crippen molar-refractivity contribution in [2.45, 2.75) is 78.3 Å². The van der Waals surface area contributed by atoms with Crippen LogP contribution in [0.4, 0.5) is 0 Å². The van der Waals surface area contributed by atoms with E-state index in [9.17, 15) is 4.79 Å². The van der Waals surface area contributed by atoms with Gasteiger partial charge in [-0.1, -0.05) is 44.2 Å². The summed E-state index contributed by atoms with van der Waals surface area (Å²) in [6, 6.07) is 10.3. The number of rotatable bonds is 10. The summed E-state index contributed by atoms with van der Waals surface area (Å²) in [7, 11) is 0. The molecule has 0 bridgehead atoms. The summed E-state index contributed by atoms with van der Waals surface area (Å²) in [4.78, 5) is 11.9. The Morgan fingerprint density at radius 1 is 1.19 bits per heavy atom. The number of hydrogen-bond acceptors (Lipinski definition) is 4. The average Bonchev–Trinajstić information content (AvgIpc) is 3.08. The number of ether oxygens (including phenoxy) is 3. The fourth-order valence-corrected chi connectivity index (χ4v) is 3.54. The lowest BCUT2D eigenvalue weighted by Crippen LogP contribution is -2.29. The zero-order valence-corrected chi connectivity index (χ0v) is 16.6. The maximum atomic E-state index is 11.9. The highest BCUT2D eigenvalue weighted by Crippen LogP contribution is 2.30. The molecule has 0 spiro atoms. The van der Waals surface area contributed by atoms with E-state index in [2.05, 4.69) is 26.0 Å². The Morgan fingerprint density at radius 3 is 2.58 bits per heavy atom. The van der Waals surface area contributed by atoms with Crippen molar-refractivity contribution in [3.63, 3.8) is 0 Å². The molecule has 0 unspecified atom stereocenters. The van der Waals surface area contributed by atoms with Crippen molar-refractivity contribution in [2.24, 2.45) is 11.8 Å². The molecule has 0 saturated carbocycles. The zero-order valence-electron chi connectivity index (χ0n) is 16.6. The lowest BCUT2D eigenvalue weighted by Gasteiger charge is -2.24. The first kappa shape index (κ1) is 20.9. The van der Waals surface area contributed by atoms with Crippen molar-refractivity contribution in [3.8, 4) is 0 Å². The molecule has 1 saturated heterocycles. The first-order valence-corrected chi connectivity index (χ1v) is 9.97. The fraction of sp³-hybridized carbons (Fsp3) is 0.682. The van der Waals surface area contributed by atoms with Gasteiger partial charge in [0.25, 0.3) is 0 Å². The Labute approximate surface area is 158 Å². The van der Waals surface area contributed by atoms with Gasteiger partial charge >= 0.3 is 5.97 Å². The second kappa shape index (κ2) is 10.7. The minimum absolute atomic E-state index is 0.0344. The van der Waals surface area contributed by atoms with Crippen molar-refractivity contribution < 1.29 is 19.0 Å². The maximum absolute atomic E-state index is 11.9. The van der Waals surface area contributed by atoms with Gasteiger partial charge in [0.2, 0.25) is 0 Å². The molecule has 146 valence electrons. The number of benzene rings is 1. The summed E-state index contributed by atoms with van der Waals surface area (Å²) in [6.07, 6.45) is 4.11. The molecule has 26 heavy (non-hydrogen) atoms. The van der Waals surface area contributed by atoms with Crippen LogP contribution in [0.2, 0.25) is 0 Å². The van der Waals surface area contributed by atoms with E-state index in [0.29, 0.717) is 19.1 Å². The second-order valence-electron chi connectivity index (χ2n) is 7.70. The highest BCUT2D eigenvalue weighted by molar-refractivity contribution is 5.72. The molecule has 0 amide bonds. The SMILES string of the molecule is CCOC(=O)[C@H](C)[C@H]1CC[C@@H](C[C@H](CC(C)C)OCc2ccccc2)O1. The topological polar surface area (TPSA) is 44.8 Å². The van der Waals surface area contributed by atoms with Gasteiger partial charge < -0.3 is 14.2 Å². The normalized spacial score (nSPS) is 22.3. The fourth-order valence-electron chi connectivity index (χ4n) is 3.54. The van der Waals surface area contributed by atoms with Crippen LogP contribution in [0.3, 0.4) is 0 Å². The van der Waals surface area contributed by atoms with E-state index in [1.807, 2.05) is 32.0 Å². The molecular formula is C22H34O4. The monoisotopic (exact) mass is 362 g/mol. The molecule has 4 nitrogen and oxygen atoms in total. The molecule has 1 aromatic carbocycles. The van der Waals surface area contributed by atoms with Gasteiger partial charge in [0.05, 0.1) is 37.4 Å². The predicted molar refractivity (Wildman–Crippen MR) is 103 cm³/mol. The highest BCUT2D eigenvalue weighted by Gasteiger charge is 2.34. The lowest BCUT2D eigenvalue weighted by atomic mass is 9.98. The largest absolute Gasteiger partial charge is 0.466 e. The van der Waals surface area contributed by atoms with Crippen LogP contribution in [0.1, 0.15) is 58.9 Å². The molecule has 4 heteroatoms. The van der Waals surface area contributed by atoms with Crippen LogP contribution in [0.15, 0.2) is 30.3 Å². The van der Waals surface area contributed by atoms with Crippen molar-refractivity contribution in [2.75, 3.05) is 6.61 Å². The van der Waals surface area contributed by atoms with Crippen LogP contribution < -0.4 is 0 Å². The molecule has 1 heterocycles. The predicted octanol–water partition coefficient (Wildman–Crippen LogP) is 4.75. The van der Waals surface area contributed by atoms with E-state index >= 15 is 0 Å². The molecule has 1 aliphatic rings. The van der Waals surface area contributed by atoms with Gasteiger partial charge in [0.15, 0.2) is 0 Å². The van der Waals surface area contributed by atoms with Gasteiger partial charge in [-0.2, -0.15) is 0 Å². The summed E-state index contributed by atoms with van der Waals surface area (Å²) in [5.41, 5.74) is 1.20. The lowest BCUT2D eigenvalue weighted by molar-refractivity contribution is -0.152. The van der Waals surface area contributed by atoms with Gasteiger partial charge in [-0.15, -0.1) is 0 Å². The molecule has 0 N–H and O–H groups in total. The first-order chi connectivity index (χ1) is 12.5. The Hall–Kier alpha value is -1.39. The smallest absolute Gasteiger partial charge is 0.311 e. The summed E-state index contributed by atoms with van der Waals surface area (Å²) in [5.74, 6) is 0.220. The van der Waals surface area contributed by atoms with Gasteiger partial charge in [-0.25, -0.2) is 0 Å². The standard InChI is InChI=1S/C22H34O4/c1-5-24-22(23)17(4)21-12-11-19(26-21)14-20(13-16(2)3)25-15-18-9-7-6-8-10-18/h6-10,16-17,19-21H,5,11-15H2,1-4H3/t17-,19+,20+,21-/m1/s1. The van der Waals surface area contributed by atoms with E-state index in [0.717, 1.165) is 25.7 Å². The van der Waals surface area contributed by atoms with Crippen LogP contribution in [0.25, 0.3) is 0 Å². The number of carbonyl (C=O) groups is 1. The molecule has 4 atom stereocenters. The van der Waals surface area contributed by atoms with Crippen molar-refractivity contribution in [1.82, 2.24) is 0 Å². The van der Waals surface area contributed by atoms with Crippen molar-refractivity contribution in [1.29, 1.82) is 0 Å². The Kier molecular flexibility index (Phi) is 8.60. The second-order valence-corrected chi connectivity index (χ2v) is 7.70. The molecular weight excluding hydrogens is 328 g/mol. The minimum Gasteiger partial charge on any atom is -0.466 e. The summed E-state index contributed by atoms with van der Waals surface area (Å²) >= 11 is 0. The highest BCUT2D eigenvalue weighted by atomic mass is 16.5. The Balaban J connectivity index is 1.85. The molecule has 0 aliphatic carbocycles. The molecule has 1 fully saturated rings. The van der Waals surface area contributed by atoms with E-state index in [1.165, 1.54) is 5.56 Å². The van der Waals surface area contributed by atoms with Crippen molar-refractivity contribution in [3.05, 3.63) is 35.9 Å². The van der Waals surface area contributed by atoms with Crippen LogP contribution in [-0.2, 0) is 25.6 Å². The van der Waals surface area contributed by atoms with Crippen LogP contribution >= 0.6 is 0 Å². The number of hydrogen-bond donors (Lipinski definition) is 0. The third-order valence-electron chi connectivity index (χ3n) is 4.95. The van der Waals surface area contributed by atoms with Gasteiger partial charge in [-0.3, -0.25) is 4.79 Å². The van der Waals surface area contributed by atoms with E-state index < -0.39 is 0 Å². The van der Waals surface area contributed by atoms with E-state index in [-0.39, 0.29) is 30.2 Å². The molecule has 1 aliphatic heterocycles. The molecule has 0 aromatic heterocycles. The van der Waals surface area contributed by atoms with Gasteiger partial charge in [0, 0.05) is 0 Å².